The Labute approximate surface area is 138 Å². The minimum Gasteiger partial charge on any atom is -0.375 e. The molecule has 0 amide bonds. The van der Waals surface area contributed by atoms with Crippen LogP contribution in [0.4, 0.5) is 0 Å². The zero-order valence-corrected chi connectivity index (χ0v) is 15.6. The lowest BCUT2D eigenvalue weighted by atomic mass is 9.76. The fourth-order valence-electron chi connectivity index (χ4n) is 3.15. The summed E-state index contributed by atoms with van der Waals surface area (Å²) in [4.78, 5) is 2.66. The monoisotopic (exact) mass is 303 g/mol. The van der Waals surface area contributed by atoms with Crippen LogP contribution in [-0.4, -0.2) is 18.0 Å². The van der Waals surface area contributed by atoms with Crippen molar-refractivity contribution in [3.63, 3.8) is 0 Å². The Morgan fingerprint density at radius 1 is 1.23 bits per heavy atom. The smallest absolute Gasteiger partial charge is 0.0205 e. The summed E-state index contributed by atoms with van der Waals surface area (Å²) in [5.41, 5.74) is 3.29. The summed E-state index contributed by atoms with van der Waals surface area (Å²) in [5, 5.41) is 0. The molecule has 1 unspecified atom stereocenters. The molecule has 0 bridgehead atoms. The molecule has 0 heterocycles. The van der Waals surface area contributed by atoms with Crippen LogP contribution in [-0.2, 0) is 0 Å². The summed E-state index contributed by atoms with van der Waals surface area (Å²) in [7, 11) is 0. The fourth-order valence-corrected chi connectivity index (χ4v) is 3.15. The van der Waals surface area contributed by atoms with Crippen molar-refractivity contribution in [3.05, 3.63) is 23.9 Å². The molecule has 2 rings (SSSR count). The van der Waals surface area contributed by atoms with E-state index in [1.807, 2.05) is 0 Å². The van der Waals surface area contributed by atoms with Gasteiger partial charge in [0.1, 0.15) is 0 Å². The van der Waals surface area contributed by atoms with Crippen molar-refractivity contribution < 1.29 is 0 Å². The van der Waals surface area contributed by atoms with Crippen molar-refractivity contribution in [1.82, 2.24) is 4.90 Å². The zero-order valence-electron chi connectivity index (χ0n) is 15.6. The summed E-state index contributed by atoms with van der Waals surface area (Å²) < 4.78 is 0. The average molecular weight is 304 g/mol. The molecule has 0 aromatic carbocycles. The van der Waals surface area contributed by atoms with Gasteiger partial charge in [0.05, 0.1) is 0 Å². The second kappa shape index (κ2) is 7.23. The highest BCUT2D eigenvalue weighted by molar-refractivity contribution is 5.08. The lowest BCUT2D eigenvalue weighted by Gasteiger charge is -2.37. The molecule has 22 heavy (non-hydrogen) atoms. The molecular weight excluding hydrogens is 266 g/mol. The summed E-state index contributed by atoms with van der Waals surface area (Å²) in [6.07, 6.45) is 10.5. The summed E-state index contributed by atoms with van der Waals surface area (Å²) in [6.45, 7) is 18.7. The maximum Gasteiger partial charge on any atom is 0.0205 e. The first-order valence-electron chi connectivity index (χ1n) is 9.36. The van der Waals surface area contributed by atoms with E-state index in [2.05, 4.69) is 52.2 Å². The standard InChI is InChI=1S/C21H37N/c1-16(2)8-7-13-21(5,6)17(3)14-22(15-19-9-10-19)18(4)20-11-12-20/h8,17,19-20H,4,7,9-15H2,1-3,5-6H3. The number of hydrogen-bond donors (Lipinski definition) is 0. The number of rotatable bonds is 10. The quantitative estimate of drug-likeness (QED) is 0.445. The Kier molecular flexibility index (Phi) is 5.80. The number of allylic oxidation sites excluding steroid dienone is 3. The number of nitrogens with zero attached hydrogens (tertiary/aromatic N) is 1. The third-order valence-corrected chi connectivity index (χ3v) is 5.80. The van der Waals surface area contributed by atoms with Gasteiger partial charge >= 0.3 is 0 Å². The van der Waals surface area contributed by atoms with Crippen LogP contribution in [0.15, 0.2) is 23.9 Å². The Morgan fingerprint density at radius 3 is 2.36 bits per heavy atom. The summed E-state index contributed by atoms with van der Waals surface area (Å²) in [5.74, 6) is 2.48. The molecule has 0 N–H and O–H groups in total. The van der Waals surface area contributed by atoms with Crippen LogP contribution in [0.1, 0.15) is 73.1 Å². The molecule has 1 heteroatoms. The maximum absolute atomic E-state index is 4.43. The highest BCUT2D eigenvalue weighted by Crippen LogP contribution is 2.41. The van der Waals surface area contributed by atoms with Crippen LogP contribution >= 0.6 is 0 Å². The van der Waals surface area contributed by atoms with Crippen molar-refractivity contribution in [2.24, 2.45) is 23.2 Å². The van der Waals surface area contributed by atoms with Crippen LogP contribution in [0, 0.1) is 23.2 Å². The molecule has 0 saturated heterocycles. The highest BCUT2D eigenvalue weighted by atomic mass is 15.2. The van der Waals surface area contributed by atoms with E-state index in [1.165, 1.54) is 62.9 Å². The van der Waals surface area contributed by atoms with Crippen LogP contribution in [0.5, 0.6) is 0 Å². The van der Waals surface area contributed by atoms with Gasteiger partial charge in [0.2, 0.25) is 0 Å². The predicted molar refractivity (Wildman–Crippen MR) is 97.8 cm³/mol. The van der Waals surface area contributed by atoms with Crippen molar-refractivity contribution in [1.29, 1.82) is 0 Å². The predicted octanol–water partition coefficient (Wildman–Crippen LogP) is 6.03. The Bertz CT molecular complexity index is 406. The molecule has 2 saturated carbocycles. The molecule has 2 aliphatic rings. The van der Waals surface area contributed by atoms with E-state index < -0.39 is 0 Å². The third-order valence-electron chi connectivity index (χ3n) is 5.80. The first kappa shape index (κ1) is 17.6. The topological polar surface area (TPSA) is 3.24 Å². The number of hydrogen-bond acceptors (Lipinski definition) is 1. The van der Waals surface area contributed by atoms with Crippen LogP contribution in [0.3, 0.4) is 0 Å². The molecule has 0 radical (unpaired) electrons. The molecule has 2 aliphatic carbocycles. The Balaban J connectivity index is 1.88. The van der Waals surface area contributed by atoms with E-state index in [-0.39, 0.29) is 0 Å². The van der Waals surface area contributed by atoms with Crippen molar-refractivity contribution in [3.8, 4) is 0 Å². The normalized spacial score (nSPS) is 19.7. The van der Waals surface area contributed by atoms with Gasteiger partial charge in [0.25, 0.3) is 0 Å². The Hall–Kier alpha value is -0.720. The minimum atomic E-state index is 0.400. The lowest BCUT2D eigenvalue weighted by Crippen LogP contribution is -2.36. The molecule has 126 valence electrons. The molecule has 2 fully saturated rings. The van der Waals surface area contributed by atoms with E-state index in [4.69, 9.17) is 0 Å². The van der Waals surface area contributed by atoms with Gasteiger partial charge in [0, 0.05) is 18.8 Å². The van der Waals surface area contributed by atoms with E-state index in [0.29, 0.717) is 11.3 Å². The second-order valence-corrected chi connectivity index (χ2v) is 8.82. The van der Waals surface area contributed by atoms with Crippen molar-refractivity contribution in [2.45, 2.75) is 73.1 Å². The first-order valence-corrected chi connectivity index (χ1v) is 9.36. The molecule has 0 aromatic rings. The largest absolute Gasteiger partial charge is 0.375 e. The van der Waals surface area contributed by atoms with E-state index in [9.17, 15) is 0 Å². The van der Waals surface area contributed by atoms with Crippen LogP contribution in [0.2, 0.25) is 0 Å². The third kappa shape index (κ3) is 5.48. The van der Waals surface area contributed by atoms with Gasteiger partial charge in [-0.3, -0.25) is 0 Å². The summed E-state index contributed by atoms with van der Waals surface area (Å²) in [6, 6.07) is 0. The van der Waals surface area contributed by atoms with Gasteiger partial charge in [-0.2, -0.15) is 0 Å². The second-order valence-electron chi connectivity index (χ2n) is 8.82. The SMILES string of the molecule is C=C(C1CC1)N(CC1CC1)CC(C)C(C)(C)CCC=C(C)C. The summed E-state index contributed by atoms with van der Waals surface area (Å²) >= 11 is 0. The van der Waals surface area contributed by atoms with E-state index in [1.54, 1.807) is 0 Å². The van der Waals surface area contributed by atoms with Gasteiger partial charge in [-0.25, -0.2) is 0 Å². The molecular formula is C21H37N. The van der Waals surface area contributed by atoms with E-state index >= 15 is 0 Å². The van der Waals surface area contributed by atoms with Gasteiger partial charge in [-0.15, -0.1) is 0 Å². The van der Waals surface area contributed by atoms with Gasteiger partial charge < -0.3 is 4.90 Å². The molecule has 0 spiro atoms. The van der Waals surface area contributed by atoms with Crippen molar-refractivity contribution in [2.75, 3.05) is 13.1 Å². The minimum absolute atomic E-state index is 0.400. The highest BCUT2D eigenvalue weighted by Gasteiger charge is 2.34. The fraction of sp³-hybridized carbons (Fsp3) is 0.810. The molecule has 1 atom stereocenters. The van der Waals surface area contributed by atoms with Gasteiger partial charge in [0.15, 0.2) is 0 Å². The molecule has 1 nitrogen and oxygen atoms in total. The average Bonchev–Trinajstić information content (AvgIpc) is 3.29. The lowest BCUT2D eigenvalue weighted by molar-refractivity contribution is 0.153. The van der Waals surface area contributed by atoms with Crippen LogP contribution in [0.25, 0.3) is 0 Å². The Morgan fingerprint density at radius 2 is 1.86 bits per heavy atom. The molecule has 0 aromatic heterocycles. The van der Waals surface area contributed by atoms with E-state index in [0.717, 1.165) is 11.8 Å². The van der Waals surface area contributed by atoms with Crippen LogP contribution < -0.4 is 0 Å². The molecule has 0 aliphatic heterocycles. The van der Waals surface area contributed by atoms with Crippen molar-refractivity contribution >= 4 is 0 Å². The van der Waals surface area contributed by atoms with Gasteiger partial charge in [-0.05, 0) is 75.5 Å². The first-order chi connectivity index (χ1) is 10.3. The van der Waals surface area contributed by atoms with Gasteiger partial charge in [-0.1, -0.05) is 39.0 Å². The zero-order chi connectivity index (χ0) is 16.3. The maximum atomic E-state index is 4.43.